The lowest BCUT2D eigenvalue weighted by molar-refractivity contribution is 0.551. The Morgan fingerprint density at radius 2 is 2.20 bits per heavy atom. The molecule has 15 heavy (non-hydrogen) atoms. The van der Waals surface area contributed by atoms with Gasteiger partial charge in [0, 0.05) is 5.69 Å². The molecule has 0 unspecified atom stereocenters. The lowest BCUT2D eigenvalue weighted by Crippen LogP contribution is -2.12. The van der Waals surface area contributed by atoms with Crippen molar-refractivity contribution < 1.29 is 4.42 Å². The number of hydrogen-bond donors (Lipinski definition) is 2. The van der Waals surface area contributed by atoms with Gasteiger partial charge in [-0.05, 0) is 37.7 Å². The van der Waals surface area contributed by atoms with Gasteiger partial charge in [0.1, 0.15) is 5.56 Å². The van der Waals surface area contributed by atoms with E-state index in [0.29, 0.717) is 5.56 Å². The van der Waals surface area contributed by atoms with E-state index in [0.717, 1.165) is 11.3 Å². The molecule has 0 amide bonds. The molecule has 0 bridgehead atoms. The number of H-pyrrole nitrogens is 2. The van der Waals surface area contributed by atoms with Crippen LogP contribution in [0.5, 0.6) is 0 Å². The van der Waals surface area contributed by atoms with E-state index in [1.807, 2.05) is 19.9 Å². The first-order chi connectivity index (χ1) is 7.08. The fourth-order valence-corrected chi connectivity index (χ4v) is 1.58. The van der Waals surface area contributed by atoms with Crippen LogP contribution < -0.4 is 5.56 Å². The summed E-state index contributed by atoms with van der Waals surface area (Å²) in [5, 5.41) is 6.30. The zero-order valence-electron chi connectivity index (χ0n) is 8.25. The average Bonchev–Trinajstić information content (AvgIpc) is 2.49. The van der Waals surface area contributed by atoms with Crippen molar-refractivity contribution >= 4 is 12.2 Å². The Labute approximate surface area is 90.2 Å². The van der Waals surface area contributed by atoms with Crippen molar-refractivity contribution in [1.29, 1.82) is 0 Å². The molecule has 0 spiro atoms. The highest BCUT2D eigenvalue weighted by atomic mass is 32.1. The number of rotatable bonds is 1. The minimum absolute atomic E-state index is 0.157. The van der Waals surface area contributed by atoms with E-state index in [2.05, 4.69) is 15.2 Å². The summed E-state index contributed by atoms with van der Waals surface area (Å²) in [4.78, 5) is 14.5. The van der Waals surface area contributed by atoms with Crippen molar-refractivity contribution in [2.45, 2.75) is 13.8 Å². The van der Waals surface area contributed by atoms with Gasteiger partial charge < -0.3 is 9.40 Å². The zero-order valence-corrected chi connectivity index (χ0v) is 9.07. The molecule has 0 fully saturated rings. The molecule has 0 aromatic carbocycles. The van der Waals surface area contributed by atoms with Gasteiger partial charge in [-0.1, -0.05) is 0 Å². The normalized spacial score (nSPS) is 10.5. The fourth-order valence-electron chi connectivity index (χ4n) is 1.46. The molecule has 5 nitrogen and oxygen atoms in total. The van der Waals surface area contributed by atoms with E-state index >= 15 is 0 Å². The van der Waals surface area contributed by atoms with Gasteiger partial charge in [0.25, 0.3) is 16.3 Å². The summed E-state index contributed by atoms with van der Waals surface area (Å²) in [7, 11) is 0. The van der Waals surface area contributed by atoms with Crippen molar-refractivity contribution in [3.05, 3.63) is 32.5 Å². The first-order valence-electron chi connectivity index (χ1n) is 4.34. The summed E-state index contributed by atoms with van der Waals surface area (Å²) in [5.41, 5.74) is 1.79. The van der Waals surface area contributed by atoms with Gasteiger partial charge in [-0.25, -0.2) is 5.10 Å². The van der Waals surface area contributed by atoms with Gasteiger partial charge in [-0.15, -0.1) is 5.10 Å². The van der Waals surface area contributed by atoms with E-state index in [1.165, 1.54) is 0 Å². The van der Waals surface area contributed by atoms with Gasteiger partial charge in [0.05, 0.1) is 0 Å². The number of hydrogen-bond acceptors (Lipinski definition) is 4. The van der Waals surface area contributed by atoms with E-state index in [9.17, 15) is 4.79 Å². The molecular weight excluding hydrogens is 214 g/mol. The third-order valence-corrected chi connectivity index (χ3v) is 2.19. The molecule has 0 aliphatic heterocycles. The fraction of sp³-hybridized carbons (Fsp3) is 0.222. The molecule has 0 saturated heterocycles. The number of aromatic amines is 2. The number of aryl methyl sites for hydroxylation is 2. The molecule has 2 N–H and O–H groups in total. The van der Waals surface area contributed by atoms with Crippen molar-refractivity contribution in [3.8, 4) is 11.5 Å². The second-order valence-corrected chi connectivity index (χ2v) is 3.63. The van der Waals surface area contributed by atoms with Crippen molar-refractivity contribution in [1.82, 2.24) is 15.2 Å². The third kappa shape index (κ3) is 1.75. The number of aromatic nitrogens is 3. The van der Waals surface area contributed by atoms with Crippen LogP contribution in [0.4, 0.5) is 0 Å². The molecule has 2 aromatic heterocycles. The summed E-state index contributed by atoms with van der Waals surface area (Å²) in [6.45, 7) is 3.64. The molecule has 78 valence electrons. The minimum atomic E-state index is -0.224. The highest BCUT2D eigenvalue weighted by molar-refractivity contribution is 7.71. The van der Waals surface area contributed by atoms with E-state index in [1.54, 1.807) is 0 Å². The predicted octanol–water partition coefficient (Wildman–Crippen LogP) is 1.70. The van der Waals surface area contributed by atoms with Gasteiger partial charge in [-0.2, -0.15) is 0 Å². The largest absolute Gasteiger partial charge is 0.409 e. The maximum Gasteiger partial charge on any atom is 0.284 e. The maximum absolute atomic E-state index is 11.7. The second-order valence-electron chi connectivity index (χ2n) is 3.26. The summed E-state index contributed by atoms with van der Waals surface area (Å²) in [6, 6.07) is 1.85. The van der Waals surface area contributed by atoms with Crippen LogP contribution in [-0.2, 0) is 0 Å². The van der Waals surface area contributed by atoms with Crippen LogP contribution >= 0.6 is 12.2 Å². The predicted molar refractivity (Wildman–Crippen MR) is 57.2 cm³/mol. The van der Waals surface area contributed by atoms with Crippen LogP contribution in [-0.4, -0.2) is 15.2 Å². The van der Waals surface area contributed by atoms with Crippen LogP contribution in [0.25, 0.3) is 11.5 Å². The van der Waals surface area contributed by atoms with Crippen LogP contribution in [0.2, 0.25) is 0 Å². The Hall–Kier alpha value is -1.69. The molecular formula is C9H9N3O2S. The monoisotopic (exact) mass is 223 g/mol. The van der Waals surface area contributed by atoms with E-state index in [-0.39, 0.29) is 16.3 Å². The number of nitrogens with one attached hydrogen (secondary N) is 2. The standard InChI is InChI=1S/C9H9N3O2S/c1-4-3-5(2)10-7(13)6(4)8-11-12-9(15)14-8/h3H,1-2H3,(H,10,13)(H,12,15). The Bertz CT molecular complexity index is 608. The molecule has 2 heterocycles. The SMILES string of the molecule is Cc1cc(C)c(-c2n[nH]c(=S)o2)c(=O)[nH]1. The Kier molecular flexibility index (Phi) is 2.28. The third-order valence-electron chi connectivity index (χ3n) is 2.02. The van der Waals surface area contributed by atoms with E-state index in [4.69, 9.17) is 16.6 Å². The summed E-state index contributed by atoms with van der Waals surface area (Å²) >= 11 is 4.75. The summed E-state index contributed by atoms with van der Waals surface area (Å²) in [6.07, 6.45) is 0. The Morgan fingerprint density at radius 3 is 2.73 bits per heavy atom. The molecule has 2 rings (SSSR count). The van der Waals surface area contributed by atoms with Crippen LogP contribution in [0.3, 0.4) is 0 Å². The highest BCUT2D eigenvalue weighted by Gasteiger charge is 2.12. The number of nitrogens with zero attached hydrogens (tertiary/aromatic N) is 1. The van der Waals surface area contributed by atoms with Crippen LogP contribution in [0.15, 0.2) is 15.3 Å². The van der Waals surface area contributed by atoms with Gasteiger partial charge >= 0.3 is 0 Å². The molecule has 2 aromatic rings. The maximum atomic E-state index is 11.7. The molecule has 6 heteroatoms. The van der Waals surface area contributed by atoms with Gasteiger partial charge in [0.2, 0.25) is 0 Å². The molecule has 0 aliphatic carbocycles. The lowest BCUT2D eigenvalue weighted by atomic mass is 10.1. The summed E-state index contributed by atoms with van der Waals surface area (Å²) in [5.74, 6) is 0.221. The average molecular weight is 223 g/mol. The van der Waals surface area contributed by atoms with E-state index < -0.39 is 0 Å². The first-order valence-corrected chi connectivity index (χ1v) is 4.75. The van der Waals surface area contributed by atoms with Crippen molar-refractivity contribution in [2.24, 2.45) is 0 Å². The van der Waals surface area contributed by atoms with Crippen LogP contribution in [0.1, 0.15) is 11.3 Å². The van der Waals surface area contributed by atoms with Crippen molar-refractivity contribution in [2.75, 3.05) is 0 Å². The minimum Gasteiger partial charge on any atom is -0.409 e. The topological polar surface area (TPSA) is 74.7 Å². The highest BCUT2D eigenvalue weighted by Crippen LogP contribution is 2.16. The van der Waals surface area contributed by atoms with Crippen LogP contribution in [0, 0.1) is 18.7 Å². The van der Waals surface area contributed by atoms with Gasteiger partial charge in [0.15, 0.2) is 0 Å². The number of pyridine rings is 1. The Balaban J connectivity index is 2.73. The molecule has 0 atom stereocenters. The summed E-state index contributed by atoms with van der Waals surface area (Å²) < 4.78 is 5.10. The Morgan fingerprint density at radius 1 is 1.47 bits per heavy atom. The lowest BCUT2D eigenvalue weighted by Gasteiger charge is -2.00. The molecule has 0 saturated carbocycles. The molecule has 0 aliphatic rings. The van der Waals surface area contributed by atoms with Gasteiger partial charge in [-0.3, -0.25) is 4.79 Å². The quantitative estimate of drug-likeness (QED) is 0.721. The second kappa shape index (κ2) is 3.47. The first kappa shape index (κ1) is 9.85. The van der Waals surface area contributed by atoms with Crippen molar-refractivity contribution in [3.63, 3.8) is 0 Å². The zero-order chi connectivity index (χ0) is 11.0. The smallest absolute Gasteiger partial charge is 0.284 e. The molecule has 0 radical (unpaired) electrons.